The minimum absolute atomic E-state index is 0.0822. The molecule has 0 aromatic heterocycles. The van der Waals surface area contributed by atoms with Crippen LogP contribution in [0.5, 0.6) is 11.5 Å². The fourth-order valence-electron chi connectivity index (χ4n) is 2.69. The van der Waals surface area contributed by atoms with Gasteiger partial charge in [0.25, 0.3) is 0 Å². The molecule has 1 atom stereocenters. The molecule has 0 saturated heterocycles. The van der Waals surface area contributed by atoms with Gasteiger partial charge in [-0.2, -0.15) is 0 Å². The molecule has 0 saturated carbocycles. The number of aliphatic hydroxyl groups excluding tert-OH is 1. The van der Waals surface area contributed by atoms with Crippen molar-refractivity contribution in [3.05, 3.63) is 82.5 Å². The number of hydrogen-bond acceptors (Lipinski definition) is 4. The lowest BCUT2D eigenvalue weighted by Gasteiger charge is -2.11. The van der Waals surface area contributed by atoms with E-state index in [9.17, 15) is 20.1 Å². The van der Waals surface area contributed by atoms with E-state index in [2.05, 4.69) is 0 Å². The Balaban J connectivity index is 2.36. The van der Waals surface area contributed by atoms with Crippen molar-refractivity contribution in [1.29, 1.82) is 0 Å². The van der Waals surface area contributed by atoms with Crippen LogP contribution in [0.2, 0.25) is 0 Å². The number of allylic oxidation sites excluding steroid dienone is 2. The Morgan fingerprint density at radius 3 is 2.36 bits per heavy atom. The molecule has 4 nitrogen and oxygen atoms in total. The van der Waals surface area contributed by atoms with Gasteiger partial charge in [-0.05, 0) is 56.0 Å². The first kappa shape index (κ1) is 21.2. The highest BCUT2D eigenvalue weighted by Gasteiger charge is 2.16. The van der Waals surface area contributed by atoms with E-state index in [4.69, 9.17) is 0 Å². The number of phenolic OH excluding ortho intramolecular Hbond substituents is 2. The summed E-state index contributed by atoms with van der Waals surface area (Å²) in [7, 11) is 0. The van der Waals surface area contributed by atoms with Crippen LogP contribution in [0, 0.1) is 0 Å². The molecule has 3 N–H and O–H groups in total. The van der Waals surface area contributed by atoms with E-state index in [0.29, 0.717) is 17.6 Å². The summed E-state index contributed by atoms with van der Waals surface area (Å²) in [5, 5.41) is 30.3. The number of aliphatic hydroxyl groups is 1. The second-order valence-corrected chi connectivity index (χ2v) is 6.96. The average Bonchev–Trinajstić information content (AvgIpc) is 2.64. The molecule has 2 aromatic carbocycles. The van der Waals surface area contributed by atoms with Crippen LogP contribution in [0.15, 0.2) is 65.8 Å². The third-order valence-electron chi connectivity index (χ3n) is 4.27. The van der Waals surface area contributed by atoms with Crippen LogP contribution in [0.4, 0.5) is 0 Å². The smallest absolute Gasteiger partial charge is 0.190 e. The maximum Gasteiger partial charge on any atom is 0.190 e. The first-order valence-electron chi connectivity index (χ1n) is 9.11. The van der Waals surface area contributed by atoms with Gasteiger partial charge in [0.2, 0.25) is 0 Å². The van der Waals surface area contributed by atoms with Crippen LogP contribution in [-0.2, 0) is 0 Å². The summed E-state index contributed by atoms with van der Waals surface area (Å²) in [5.41, 5.74) is 3.00. The molecule has 0 fully saturated rings. The number of phenols is 2. The molecule has 0 heterocycles. The lowest BCUT2D eigenvalue weighted by Crippen LogP contribution is -2.09. The predicted molar refractivity (Wildman–Crippen MR) is 113 cm³/mol. The quantitative estimate of drug-likeness (QED) is 0.271. The van der Waals surface area contributed by atoms with Gasteiger partial charge in [-0.15, -0.1) is 0 Å². The monoisotopic (exact) mass is 378 g/mol. The largest absolute Gasteiger partial charge is 0.508 e. The molecule has 28 heavy (non-hydrogen) atoms. The number of carbonyl (C=O) groups excluding carboxylic acids is 1. The van der Waals surface area contributed by atoms with Crippen LogP contribution < -0.4 is 0 Å². The number of benzene rings is 2. The maximum atomic E-state index is 12.8. The van der Waals surface area contributed by atoms with E-state index < -0.39 is 11.9 Å². The maximum absolute atomic E-state index is 12.8. The summed E-state index contributed by atoms with van der Waals surface area (Å²) in [4.78, 5) is 12.8. The lowest BCUT2D eigenvalue weighted by atomic mass is 9.97. The summed E-state index contributed by atoms with van der Waals surface area (Å²) >= 11 is 0. The average molecular weight is 378 g/mol. The van der Waals surface area contributed by atoms with E-state index in [-0.39, 0.29) is 17.1 Å². The highest BCUT2D eigenvalue weighted by Crippen LogP contribution is 2.30. The summed E-state index contributed by atoms with van der Waals surface area (Å²) in [6.45, 7) is 5.56. The van der Waals surface area contributed by atoms with Crippen molar-refractivity contribution in [3.63, 3.8) is 0 Å². The number of rotatable bonds is 7. The van der Waals surface area contributed by atoms with Gasteiger partial charge in [0.05, 0.1) is 11.7 Å². The van der Waals surface area contributed by atoms with Crippen molar-refractivity contribution in [3.8, 4) is 11.5 Å². The molecule has 0 aliphatic rings. The van der Waals surface area contributed by atoms with Gasteiger partial charge in [-0.25, -0.2) is 0 Å². The van der Waals surface area contributed by atoms with Crippen LogP contribution in [-0.4, -0.2) is 27.2 Å². The van der Waals surface area contributed by atoms with Crippen molar-refractivity contribution in [2.45, 2.75) is 33.3 Å². The lowest BCUT2D eigenvalue weighted by molar-refractivity contribution is 0.104. The van der Waals surface area contributed by atoms with Crippen molar-refractivity contribution >= 4 is 17.9 Å². The van der Waals surface area contributed by atoms with E-state index in [1.165, 1.54) is 12.1 Å². The second kappa shape index (κ2) is 9.72. The Kier molecular flexibility index (Phi) is 7.36. The Bertz CT molecular complexity index is 917. The van der Waals surface area contributed by atoms with E-state index >= 15 is 0 Å². The summed E-state index contributed by atoms with van der Waals surface area (Å²) < 4.78 is 0. The van der Waals surface area contributed by atoms with Gasteiger partial charge in [0.15, 0.2) is 5.78 Å². The Hall–Kier alpha value is -3.11. The molecule has 146 valence electrons. The molecule has 0 spiro atoms. The number of aromatic hydroxyl groups is 2. The third-order valence-corrected chi connectivity index (χ3v) is 4.27. The summed E-state index contributed by atoms with van der Waals surface area (Å²) in [5.74, 6) is -0.870. The van der Waals surface area contributed by atoms with Crippen LogP contribution in [0.3, 0.4) is 0 Å². The van der Waals surface area contributed by atoms with Gasteiger partial charge in [0, 0.05) is 6.07 Å². The topological polar surface area (TPSA) is 77.8 Å². The van der Waals surface area contributed by atoms with Crippen LogP contribution in [0.25, 0.3) is 12.2 Å². The zero-order valence-electron chi connectivity index (χ0n) is 16.4. The SMILES string of the molecule is CC(C)=CCC(O)/C(C)=C/C(=O)c1c(O)cc(O)cc1/C=C/c1ccccc1. The Morgan fingerprint density at radius 1 is 1.04 bits per heavy atom. The highest BCUT2D eigenvalue weighted by molar-refractivity contribution is 6.10. The minimum Gasteiger partial charge on any atom is -0.508 e. The molecule has 0 radical (unpaired) electrons. The molecule has 0 aliphatic carbocycles. The van der Waals surface area contributed by atoms with E-state index in [1.54, 1.807) is 19.1 Å². The predicted octanol–water partition coefficient (Wildman–Crippen LogP) is 5.11. The zero-order chi connectivity index (χ0) is 20.7. The van der Waals surface area contributed by atoms with Crippen molar-refractivity contribution in [2.75, 3.05) is 0 Å². The third kappa shape index (κ3) is 5.96. The van der Waals surface area contributed by atoms with Gasteiger partial charge >= 0.3 is 0 Å². The van der Waals surface area contributed by atoms with Gasteiger partial charge in [-0.1, -0.05) is 54.1 Å². The van der Waals surface area contributed by atoms with Gasteiger partial charge in [0.1, 0.15) is 11.5 Å². The molecule has 2 rings (SSSR count). The highest BCUT2D eigenvalue weighted by atomic mass is 16.3. The minimum atomic E-state index is -0.776. The van der Waals surface area contributed by atoms with Crippen LogP contribution in [0.1, 0.15) is 48.7 Å². The number of carbonyl (C=O) groups is 1. The normalized spacial score (nSPS) is 12.8. The summed E-state index contributed by atoms with van der Waals surface area (Å²) in [6, 6.07) is 12.1. The molecular formula is C24H26O4. The molecule has 0 amide bonds. The first-order chi connectivity index (χ1) is 13.3. The van der Waals surface area contributed by atoms with Crippen molar-refractivity contribution in [2.24, 2.45) is 0 Å². The fraction of sp³-hybridized carbons (Fsp3) is 0.208. The van der Waals surface area contributed by atoms with Gasteiger partial charge in [-0.3, -0.25) is 4.79 Å². The Morgan fingerprint density at radius 2 is 1.71 bits per heavy atom. The summed E-state index contributed by atoms with van der Waals surface area (Å²) in [6.07, 6.45) is 6.34. The van der Waals surface area contributed by atoms with E-state index in [0.717, 1.165) is 17.2 Å². The molecule has 1 unspecified atom stereocenters. The zero-order valence-corrected chi connectivity index (χ0v) is 16.4. The number of hydrogen-bond donors (Lipinski definition) is 3. The second-order valence-electron chi connectivity index (χ2n) is 6.96. The Labute approximate surface area is 165 Å². The molecule has 4 heteroatoms. The van der Waals surface area contributed by atoms with Crippen molar-refractivity contribution in [1.82, 2.24) is 0 Å². The molecule has 2 aromatic rings. The van der Waals surface area contributed by atoms with Crippen LogP contribution >= 0.6 is 0 Å². The standard InChI is InChI=1S/C24H26O4/c1-16(2)9-12-21(26)17(3)13-22(27)24-19(14-20(25)15-23(24)28)11-10-18-7-5-4-6-8-18/h4-11,13-15,21,25-26,28H,12H2,1-3H3/b11-10+,17-13+. The molecule has 0 bridgehead atoms. The fourth-order valence-corrected chi connectivity index (χ4v) is 2.69. The first-order valence-corrected chi connectivity index (χ1v) is 9.11. The van der Waals surface area contributed by atoms with Gasteiger partial charge < -0.3 is 15.3 Å². The van der Waals surface area contributed by atoms with E-state index in [1.807, 2.05) is 50.3 Å². The van der Waals surface area contributed by atoms with Crippen molar-refractivity contribution < 1.29 is 20.1 Å². The number of ketones is 1. The molecular weight excluding hydrogens is 352 g/mol. The molecule has 0 aliphatic heterocycles.